The molecule has 19 heavy (non-hydrogen) atoms. The summed E-state index contributed by atoms with van der Waals surface area (Å²) in [5.41, 5.74) is 2.80. The lowest BCUT2D eigenvalue weighted by molar-refractivity contribution is -0.137. The van der Waals surface area contributed by atoms with Gasteiger partial charge >= 0.3 is 6.18 Å². The summed E-state index contributed by atoms with van der Waals surface area (Å²) in [6.07, 6.45) is 0.231. The Balaban J connectivity index is 1.96. The van der Waals surface area contributed by atoms with Crippen molar-refractivity contribution < 1.29 is 18.0 Å². The predicted octanol–water partition coefficient (Wildman–Crippen LogP) is 4.23. The molecule has 1 aromatic carbocycles. The maximum atomic E-state index is 12.6. The van der Waals surface area contributed by atoms with Gasteiger partial charge in [-0.1, -0.05) is 25.0 Å². The molecule has 0 spiro atoms. The Labute approximate surface area is 110 Å². The van der Waals surface area contributed by atoms with Gasteiger partial charge in [0.2, 0.25) is 0 Å². The van der Waals surface area contributed by atoms with E-state index in [0.717, 1.165) is 37.8 Å². The third kappa shape index (κ3) is 3.94. The van der Waals surface area contributed by atoms with Crippen LogP contribution in [0.2, 0.25) is 0 Å². The summed E-state index contributed by atoms with van der Waals surface area (Å²) in [5, 5.41) is 0. The average molecular weight is 273 g/mol. The molecule has 0 saturated heterocycles. The van der Waals surface area contributed by atoms with E-state index in [1.165, 1.54) is 6.07 Å². The second-order valence-corrected chi connectivity index (χ2v) is 4.99. The number of halogens is 3. The van der Waals surface area contributed by atoms with E-state index in [0.29, 0.717) is 5.56 Å². The van der Waals surface area contributed by atoms with E-state index in [9.17, 15) is 13.2 Å². The first-order valence-electron chi connectivity index (χ1n) is 6.55. The number of rotatable bonds is 4. The molecule has 1 aliphatic rings. The molecule has 0 amide bonds. The van der Waals surface area contributed by atoms with Crippen LogP contribution in [-0.4, -0.2) is 6.10 Å². The number of benzene rings is 1. The van der Waals surface area contributed by atoms with Crippen LogP contribution in [0.4, 0.5) is 13.2 Å². The number of hydroxylamine groups is 1. The lowest BCUT2D eigenvalue weighted by atomic mass is 10.1. The fraction of sp³-hybridized carbons (Fsp3) is 0.571. The minimum Gasteiger partial charge on any atom is -0.298 e. The number of alkyl halides is 3. The summed E-state index contributed by atoms with van der Waals surface area (Å²) >= 11 is 0. The highest BCUT2D eigenvalue weighted by Crippen LogP contribution is 2.30. The SMILES string of the molecule is CC(NOC1CCCC1)c1cccc(C(F)(F)F)c1. The maximum Gasteiger partial charge on any atom is 0.416 e. The summed E-state index contributed by atoms with van der Waals surface area (Å²) in [6.45, 7) is 1.80. The summed E-state index contributed by atoms with van der Waals surface area (Å²) in [4.78, 5) is 5.51. The molecule has 1 aromatic rings. The Bertz CT molecular complexity index is 413. The number of hydrogen-bond acceptors (Lipinski definition) is 2. The molecule has 0 bridgehead atoms. The quantitative estimate of drug-likeness (QED) is 0.829. The van der Waals surface area contributed by atoms with Gasteiger partial charge in [0.25, 0.3) is 0 Å². The van der Waals surface area contributed by atoms with Crippen molar-refractivity contribution in [3.8, 4) is 0 Å². The summed E-state index contributed by atoms with van der Waals surface area (Å²) in [6, 6.07) is 5.07. The van der Waals surface area contributed by atoms with Gasteiger partial charge in [-0.3, -0.25) is 4.84 Å². The Hall–Kier alpha value is -1.07. The molecule has 1 atom stereocenters. The Morgan fingerprint density at radius 1 is 1.26 bits per heavy atom. The highest BCUT2D eigenvalue weighted by Gasteiger charge is 2.30. The van der Waals surface area contributed by atoms with E-state index in [1.807, 2.05) is 0 Å². The van der Waals surface area contributed by atoms with Crippen LogP contribution >= 0.6 is 0 Å². The summed E-state index contributed by atoms with van der Waals surface area (Å²) in [5.74, 6) is 0. The van der Waals surface area contributed by atoms with Crippen LogP contribution in [0.5, 0.6) is 0 Å². The van der Waals surface area contributed by atoms with Crippen molar-refractivity contribution >= 4 is 0 Å². The normalized spacial score (nSPS) is 18.7. The van der Waals surface area contributed by atoms with Gasteiger partial charge < -0.3 is 0 Å². The van der Waals surface area contributed by atoms with Crippen molar-refractivity contribution in [2.75, 3.05) is 0 Å². The van der Waals surface area contributed by atoms with E-state index < -0.39 is 11.7 Å². The van der Waals surface area contributed by atoms with Crippen molar-refractivity contribution in [3.63, 3.8) is 0 Å². The van der Waals surface area contributed by atoms with Gasteiger partial charge in [0.05, 0.1) is 17.7 Å². The molecule has 1 fully saturated rings. The molecule has 1 saturated carbocycles. The lowest BCUT2D eigenvalue weighted by Crippen LogP contribution is -2.25. The third-order valence-corrected chi connectivity index (χ3v) is 3.43. The number of hydrogen-bond donors (Lipinski definition) is 1. The smallest absolute Gasteiger partial charge is 0.298 e. The molecule has 0 aromatic heterocycles. The molecular formula is C14H18F3NO. The second kappa shape index (κ2) is 5.92. The van der Waals surface area contributed by atoms with Crippen LogP contribution in [-0.2, 0) is 11.0 Å². The van der Waals surface area contributed by atoms with Gasteiger partial charge in [0, 0.05) is 0 Å². The molecule has 2 nitrogen and oxygen atoms in total. The van der Waals surface area contributed by atoms with Gasteiger partial charge in [-0.2, -0.15) is 18.7 Å². The summed E-state index contributed by atoms with van der Waals surface area (Å²) < 4.78 is 37.8. The van der Waals surface area contributed by atoms with Gasteiger partial charge in [-0.15, -0.1) is 0 Å². The van der Waals surface area contributed by atoms with Crippen molar-refractivity contribution in [1.29, 1.82) is 0 Å². The highest BCUT2D eigenvalue weighted by molar-refractivity contribution is 5.27. The van der Waals surface area contributed by atoms with Gasteiger partial charge in [-0.05, 0) is 37.5 Å². The average Bonchev–Trinajstić information content (AvgIpc) is 2.88. The number of nitrogens with one attached hydrogen (secondary N) is 1. The molecule has 0 heterocycles. The van der Waals surface area contributed by atoms with E-state index in [4.69, 9.17) is 4.84 Å². The van der Waals surface area contributed by atoms with Crippen molar-refractivity contribution in [2.24, 2.45) is 0 Å². The topological polar surface area (TPSA) is 21.3 Å². The third-order valence-electron chi connectivity index (χ3n) is 3.43. The first-order valence-corrected chi connectivity index (χ1v) is 6.55. The fourth-order valence-electron chi connectivity index (χ4n) is 2.26. The van der Waals surface area contributed by atoms with Gasteiger partial charge in [0.1, 0.15) is 0 Å². The minimum atomic E-state index is -4.30. The maximum absolute atomic E-state index is 12.6. The van der Waals surface area contributed by atoms with E-state index in [2.05, 4.69) is 5.48 Å². The lowest BCUT2D eigenvalue weighted by Gasteiger charge is -2.18. The zero-order chi connectivity index (χ0) is 13.9. The minimum absolute atomic E-state index is 0.188. The van der Waals surface area contributed by atoms with Crippen LogP contribution < -0.4 is 5.48 Å². The Morgan fingerprint density at radius 2 is 1.95 bits per heavy atom. The first kappa shape index (κ1) is 14.3. The van der Waals surface area contributed by atoms with E-state index >= 15 is 0 Å². The molecule has 0 radical (unpaired) electrons. The monoisotopic (exact) mass is 273 g/mol. The zero-order valence-electron chi connectivity index (χ0n) is 10.8. The molecule has 106 valence electrons. The van der Waals surface area contributed by atoms with Crippen LogP contribution in [0, 0.1) is 0 Å². The largest absolute Gasteiger partial charge is 0.416 e. The van der Waals surface area contributed by atoms with E-state index in [-0.39, 0.29) is 12.1 Å². The predicted molar refractivity (Wildman–Crippen MR) is 66.3 cm³/mol. The molecular weight excluding hydrogens is 255 g/mol. The molecule has 0 aliphatic heterocycles. The molecule has 2 rings (SSSR count). The van der Waals surface area contributed by atoms with Crippen LogP contribution in [0.1, 0.15) is 49.8 Å². The second-order valence-electron chi connectivity index (χ2n) is 4.99. The van der Waals surface area contributed by atoms with Crippen molar-refractivity contribution in [3.05, 3.63) is 35.4 Å². The molecule has 1 N–H and O–H groups in total. The molecule has 1 aliphatic carbocycles. The fourth-order valence-corrected chi connectivity index (χ4v) is 2.26. The first-order chi connectivity index (χ1) is 8.97. The van der Waals surface area contributed by atoms with Gasteiger partial charge in [0.15, 0.2) is 0 Å². The highest BCUT2D eigenvalue weighted by atomic mass is 19.4. The Kier molecular flexibility index (Phi) is 4.47. The van der Waals surface area contributed by atoms with E-state index in [1.54, 1.807) is 13.0 Å². The Morgan fingerprint density at radius 3 is 2.58 bits per heavy atom. The summed E-state index contributed by atoms with van der Waals surface area (Å²) in [7, 11) is 0. The zero-order valence-corrected chi connectivity index (χ0v) is 10.8. The van der Waals surface area contributed by atoms with Crippen LogP contribution in [0.15, 0.2) is 24.3 Å². The van der Waals surface area contributed by atoms with Crippen LogP contribution in [0.3, 0.4) is 0 Å². The van der Waals surface area contributed by atoms with Crippen molar-refractivity contribution in [1.82, 2.24) is 5.48 Å². The van der Waals surface area contributed by atoms with Crippen LogP contribution in [0.25, 0.3) is 0 Å². The molecule has 5 heteroatoms. The standard InChI is InChI=1S/C14H18F3NO/c1-10(18-19-13-7-2-3-8-13)11-5-4-6-12(9-11)14(15,16)17/h4-6,9-10,13,18H,2-3,7-8H2,1H3. The van der Waals surface area contributed by atoms with Gasteiger partial charge in [-0.25, -0.2) is 0 Å². The van der Waals surface area contributed by atoms with Crippen molar-refractivity contribution in [2.45, 2.75) is 50.9 Å². The molecule has 1 unspecified atom stereocenters.